The fourth-order valence-corrected chi connectivity index (χ4v) is 4.88. The molecule has 1 aliphatic rings. The lowest BCUT2D eigenvalue weighted by Crippen LogP contribution is -2.47. The molecule has 1 aliphatic carbocycles. The topological polar surface area (TPSA) is 69.6 Å². The Labute approximate surface area is 200 Å². The number of carbonyl (C=O) groups is 1. The second kappa shape index (κ2) is 10.4. The number of rotatable bonds is 10. The predicted octanol–water partition coefficient (Wildman–Crippen LogP) is 5.59. The molecule has 0 bridgehead atoms. The van der Waals surface area contributed by atoms with Crippen molar-refractivity contribution >= 4 is 29.1 Å². The average molecular weight is 476 g/mol. The SMILES string of the molecule is C=CC[C@@](C)(C[C@@H](O)c1cccc(Cl)c1)C(=O)N[C@H](CO)C1C[C@H]1c1cc(Cl)ccc1C. The number of nitrogens with one attached hydrogen (secondary N) is 1. The maximum absolute atomic E-state index is 13.3. The number of hydrogen-bond donors (Lipinski definition) is 3. The highest BCUT2D eigenvalue weighted by molar-refractivity contribution is 6.30. The standard InChI is InChI=1S/C26H31Cl2NO3/c1-4-10-26(3,14-24(31)17-6-5-7-18(27)11-17)25(32)29-23(15-30)22-13-21(22)20-12-19(28)9-8-16(20)2/h4-9,11-12,21-24,30-31H,1,10,13-15H2,2-3H3,(H,29,32)/t21-,22?,23+,24+,26-/m0/s1. The number of benzene rings is 2. The zero-order chi connectivity index (χ0) is 23.5. The molecule has 32 heavy (non-hydrogen) atoms. The van der Waals surface area contributed by atoms with Gasteiger partial charge in [0.15, 0.2) is 0 Å². The number of carbonyl (C=O) groups excluding carboxylic acids is 1. The molecule has 1 amide bonds. The van der Waals surface area contributed by atoms with E-state index in [9.17, 15) is 15.0 Å². The molecule has 1 fully saturated rings. The van der Waals surface area contributed by atoms with Crippen LogP contribution in [0.2, 0.25) is 10.0 Å². The fraction of sp³-hybridized carbons (Fsp3) is 0.423. The van der Waals surface area contributed by atoms with Gasteiger partial charge in [0.2, 0.25) is 5.91 Å². The molecule has 0 spiro atoms. The minimum absolute atomic E-state index is 0.145. The predicted molar refractivity (Wildman–Crippen MR) is 130 cm³/mol. The smallest absolute Gasteiger partial charge is 0.226 e. The molecule has 5 atom stereocenters. The molecule has 6 heteroatoms. The number of allylic oxidation sites excluding steroid dienone is 1. The van der Waals surface area contributed by atoms with E-state index in [0.717, 1.165) is 12.0 Å². The summed E-state index contributed by atoms with van der Waals surface area (Å²) in [5.41, 5.74) is 2.11. The van der Waals surface area contributed by atoms with Crippen LogP contribution >= 0.6 is 23.2 Å². The molecule has 0 aromatic heterocycles. The van der Waals surface area contributed by atoms with Gasteiger partial charge in [-0.25, -0.2) is 0 Å². The summed E-state index contributed by atoms with van der Waals surface area (Å²) in [6, 6.07) is 12.5. The average Bonchev–Trinajstić information content (AvgIpc) is 3.54. The molecule has 2 aromatic rings. The molecule has 3 N–H and O–H groups in total. The first-order valence-electron chi connectivity index (χ1n) is 10.9. The third-order valence-corrected chi connectivity index (χ3v) is 7.00. The molecule has 172 valence electrons. The van der Waals surface area contributed by atoms with Gasteiger partial charge in [-0.05, 0) is 79.0 Å². The van der Waals surface area contributed by atoms with Crippen LogP contribution in [0, 0.1) is 18.3 Å². The Morgan fingerprint density at radius 2 is 2.00 bits per heavy atom. The first kappa shape index (κ1) is 24.8. The van der Waals surface area contributed by atoms with Gasteiger partial charge in [0.1, 0.15) is 0 Å². The monoisotopic (exact) mass is 475 g/mol. The van der Waals surface area contributed by atoms with E-state index in [1.807, 2.05) is 32.0 Å². The minimum Gasteiger partial charge on any atom is -0.394 e. The first-order chi connectivity index (χ1) is 15.2. The van der Waals surface area contributed by atoms with E-state index in [4.69, 9.17) is 23.2 Å². The Kier molecular flexibility index (Phi) is 8.05. The van der Waals surface area contributed by atoms with Crippen molar-refractivity contribution in [3.8, 4) is 0 Å². The molecular weight excluding hydrogens is 445 g/mol. The van der Waals surface area contributed by atoms with Crippen molar-refractivity contribution in [1.82, 2.24) is 5.32 Å². The van der Waals surface area contributed by atoms with Crippen molar-refractivity contribution in [2.45, 2.75) is 51.2 Å². The summed E-state index contributed by atoms with van der Waals surface area (Å²) in [5.74, 6) is 0.201. The van der Waals surface area contributed by atoms with Crippen LogP contribution in [-0.2, 0) is 4.79 Å². The zero-order valence-electron chi connectivity index (χ0n) is 18.5. The Morgan fingerprint density at radius 1 is 1.28 bits per heavy atom. The Balaban J connectivity index is 1.71. The molecule has 0 radical (unpaired) electrons. The number of aliphatic hydroxyl groups excluding tert-OH is 2. The summed E-state index contributed by atoms with van der Waals surface area (Å²) in [4.78, 5) is 13.3. The number of amides is 1. The van der Waals surface area contributed by atoms with Crippen LogP contribution in [0.5, 0.6) is 0 Å². The van der Waals surface area contributed by atoms with Crippen LogP contribution in [0.25, 0.3) is 0 Å². The van der Waals surface area contributed by atoms with Gasteiger partial charge in [0, 0.05) is 10.0 Å². The second-order valence-corrected chi connectivity index (χ2v) is 9.97. The third kappa shape index (κ3) is 5.74. The first-order valence-corrected chi connectivity index (χ1v) is 11.7. The van der Waals surface area contributed by atoms with E-state index in [0.29, 0.717) is 22.0 Å². The van der Waals surface area contributed by atoms with Crippen LogP contribution in [0.3, 0.4) is 0 Å². The van der Waals surface area contributed by atoms with Gasteiger partial charge in [-0.15, -0.1) is 6.58 Å². The third-order valence-electron chi connectivity index (χ3n) is 6.53. The van der Waals surface area contributed by atoms with Gasteiger partial charge in [-0.3, -0.25) is 4.79 Å². The molecule has 4 nitrogen and oxygen atoms in total. The summed E-state index contributed by atoms with van der Waals surface area (Å²) in [5, 5.41) is 25.1. The van der Waals surface area contributed by atoms with Crippen LogP contribution in [0.15, 0.2) is 55.1 Å². The van der Waals surface area contributed by atoms with Crippen molar-refractivity contribution in [3.63, 3.8) is 0 Å². The van der Waals surface area contributed by atoms with Crippen molar-refractivity contribution in [2.24, 2.45) is 11.3 Å². The van der Waals surface area contributed by atoms with Crippen LogP contribution in [-0.4, -0.2) is 28.8 Å². The van der Waals surface area contributed by atoms with Crippen molar-refractivity contribution < 1.29 is 15.0 Å². The summed E-state index contributed by atoms with van der Waals surface area (Å²) < 4.78 is 0. The highest BCUT2D eigenvalue weighted by atomic mass is 35.5. The maximum Gasteiger partial charge on any atom is 0.226 e. The number of aryl methyl sites for hydroxylation is 1. The van der Waals surface area contributed by atoms with Gasteiger partial charge in [-0.2, -0.15) is 0 Å². The quantitative estimate of drug-likeness (QED) is 0.392. The molecule has 0 heterocycles. The lowest BCUT2D eigenvalue weighted by atomic mass is 9.78. The summed E-state index contributed by atoms with van der Waals surface area (Å²) in [7, 11) is 0. The van der Waals surface area contributed by atoms with Gasteiger partial charge in [0.05, 0.1) is 24.2 Å². The number of aliphatic hydroxyl groups is 2. The van der Waals surface area contributed by atoms with Gasteiger partial charge >= 0.3 is 0 Å². The fourth-order valence-electron chi connectivity index (χ4n) is 4.50. The summed E-state index contributed by atoms with van der Waals surface area (Å²) in [6.45, 7) is 7.51. The second-order valence-electron chi connectivity index (χ2n) is 9.10. The lowest BCUT2D eigenvalue weighted by molar-refractivity contribution is -0.133. The van der Waals surface area contributed by atoms with E-state index < -0.39 is 11.5 Å². The normalized spacial score (nSPS) is 21.3. The van der Waals surface area contributed by atoms with Crippen LogP contribution in [0.4, 0.5) is 0 Å². The van der Waals surface area contributed by atoms with Crippen LogP contribution in [0.1, 0.15) is 54.9 Å². The van der Waals surface area contributed by atoms with Crippen molar-refractivity contribution in [1.29, 1.82) is 0 Å². The molecular formula is C26H31Cl2NO3. The van der Waals surface area contributed by atoms with E-state index in [-0.39, 0.29) is 36.8 Å². The van der Waals surface area contributed by atoms with Gasteiger partial charge < -0.3 is 15.5 Å². The summed E-state index contributed by atoms with van der Waals surface area (Å²) >= 11 is 12.2. The van der Waals surface area contributed by atoms with Gasteiger partial charge in [0.25, 0.3) is 0 Å². The van der Waals surface area contributed by atoms with Gasteiger partial charge in [-0.1, -0.05) is 54.4 Å². The Morgan fingerprint density at radius 3 is 2.66 bits per heavy atom. The Bertz CT molecular complexity index is 979. The highest BCUT2D eigenvalue weighted by Gasteiger charge is 2.46. The highest BCUT2D eigenvalue weighted by Crippen LogP contribution is 2.51. The van der Waals surface area contributed by atoms with Crippen LogP contribution < -0.4 is 5.32 Å². The van der Waals surface area contributed by atoms with E-state index in [1.165, 1.54) is 5.56 Å². The van der Waals surface area contributed by atoms with E-state index >= 15 is 0 Å². The molecule has 2 aromatic carbocycles. The number of halogens is 2. The molecule has 3 rings (SSSR count). The zero-order valence-corrected chi connectivity index (χ0v) is 20.0. The minimum atomic E-state index is -0.882. The number of hydrogen-bond acceptors (Lipinski definition) is 3. The Hall–Kier alpha value is -1.85. The largest absolute Gasteiger partial charge is 0.394 e. The summed E-state index contributed by atoms with van der Waals surface area (Å²) in [6.07, 6.45) is 2.34. The maximum atomic E-state index is 13.3. The molecule has 1 saturated carbocycles. The van der Waals surface area contributed by atoms with Crippen molar-refractivity contribution in [3.05, 3.63) is 81.9 Å². The molecule has 1 unspecified atom stereocenters. The van der Waals surface area contributed by atoms with E-state index in [1.54, 1.807) is 30.3 Å². The van der Waals surface area contributed by atoms with E-state index in [2.05, 4.69) is 11.9 Å². The molecule has 0 aliphatic heterocycles. The molecule has 0 saturated heterocycles. The lowest BCUT2D eigenvalue weighted by Gasteiger charge is -2.32. The van der Waals surface area contributed by atoms with Crippen molar-refractivity contribution in [2.75, 3.05) is 6.61 Å².